The summed E-state index contributed by atoms with van der Waals surface area (Å²) in [6, 6.07) is 10.5. The van der Waals surface area contributed by atoms with Crippen LogP contribution in [0.5, 0.6) is 0 Å². The minimum Gasteiger partial charge on any atom is -0.390 e. The van der Waals surface area contributed by atoms with Crippen molar-refractivity contribution in [1.82, 2.24) is 0 Å². The van der Waals surface area contributed by atoms with Crippen molar-refractivity contribution in [2.45, 2.75) is 50.7 Å². The van der Waals surface area contributed by atoms with Crippen LogP contribution >= 0.6 is 0 Å². The number of hydrogen-bond acceptors (Lipinski definition) is 2. The van der Waals surface area contributed by atoms with Crippen LogP contribution in [0.4, 0.5) is 0 Å². The molecule has 1 saturated carbocycles. The van der Waals surface area contributed by atoms with E-state index in [0.717, 1.165) is 19.3 Å². The Hall–Kier alpha value is -1.12. The maximum absolute atomic E-state index is 10.1. The van der Waals surface area contributed by atoms with Crippen molar-refractivity contribution < 1.29 is 10.2 Å². The first-order valence-electron chi connectivity index (χ1n) is 7.31. The molecule has 2 aliphatic rings. The predicted molar refractivity (Wildman–Crippen MR) is 75.8 cm³/mol. The Balaban J connectivity index is 1.92. The van der Waals surface area contributed by atoms with Crippen LogP contribution in [0.3, 0.4) is 0 Å². The quantitative estimate of drug-likeness (QED) is 0.801. The van der Waals surface area contributed by atoms with Crippen molar-refractivity contribution in [2.24, 2.45) is 5.41 Å². The molecule has 0 radical (unpaired) electrons. The van der Waals surface area contributed by atoms with Crippen molar-refractivity contribution >= 4 is 0 Å². The van der Waals surface area contributed by atoms with E-state index in [-0.39, 0.29) is 5.41 Å². The normalized spacial score (nSPS) is 34.5. The van der Waals surface area contributed by atoms with E-state index in [1.807, 2.05) is 12.1 Å². The first-order valence-corrected chi connectivity index (χ1v) is 7.31. The Labute approximate surface area is 114 Å². The Bertz CT molecular complexity index is 465. The minimum atomic E-state index is -0.669. The molecular formula is C17H22O2. The number of benzene rings is 1. The molecule has 19 heavy (non-hydrogen) atoms. The van der Waals surface area contributed by atoms with E-state index in [0.29, 0.717) is 6.42 Å². The zero-order valence-electron chi connectivity index (χ0n) is 11.3. The summed E-state index contributed by atoms with van der Waals surface area (Å²) in [5.41, 5.74) is 2.79. The van der Waals surface area contributed by atoms with Gasteiger partial charge in [-0.15, -0.1) is 0 Å². The first kappa shape index (κ1) is 12.9. The predicted octanol–water partition coefficient (Wildman–Crippen LogP) is 2.84. The molecule has 3 rings (SSSR count). The molecule has 3 atom stereocenters. The van der Waals surface area contributed by atoms with Crippen molar-refractivity contribution in [3.8, 4) is 0 Å². The van der Waals surface area contributed by atoms with Gasteiger partial charge in [-0.3, -0.25) is 0 Å². The molecule has 2 heteroatoms. The Morgan fingerprint density at radius 3 is 2.68 bits per heavy atom. The van der Waals surface area contributed by atoms with Crippen molar-refractivity contribution in [3.05, 3.63) is 47.5 Å². The molecule has 1 fully saturated rings. The summed E-state index contributed by atoms with van der Waals surface area (Å²) >= 11 is 0. The van der Waals surface area contributed by atoms with Crippen LogP contribution in [-0.2, 0) is 6.42 Å². The number of allylic oxidation sites excluding steroid dienone is 1. The molecule has 2 nitrogen and oxygen atoms in total. The van der Waals surface area contributed by atoms with Gasteiger partial charge in [-0.1, -0.05) is 48.4 Å². The van der Waals surface area contributed by atoms with Gasteiger partial charge in [0.1, 0.15) is 0 Å². The summed E-state index contributed by atoms with van der Waals surface area (Å²) in [4.78, 5) is 0. The topological polar surface area (TPSA) is 40.5 Å². The molecule has 102 valence electrons. The molecule has 0 heterocycles. The Kier molecular flexibility index (Phi) is 3.46. The highest BCUT2D eigenvalue weighted by Crippen LogP contribution is 2.49. The molecular weight excluding hydrogens is 236 g/mol. The maximum atomic E-state index is 10.1. The molecule has 0 spiro atoms. The van der Waals surface area contributed by atoms with Crippen LogP contribution in [0.15, 0.2) is 42.0 Å². The molecule has 1 aromatic carbocycles. The highest BCUT2D eigenvalue weighted by Gasteiger charge is 2.42. The van der Waals surface area contributed by atoms with Gasteiger partial charge in [0, 0.05) is 0 Å². The van der Waals surface area contributed by atoms with Gasteiger partial charge in [0.2, 0.25) is 0 Å². The lowest BCUT2D eigenvalue weighted by Gasteiger charge is -2.45. The second-order valence-corrected chi connectivity index (χ2v) is 6.10. The second-order valence-electron chi connectivity index (χ2n) is 6.10. The first-order chi connectivity index (χ1) is 9.20. The van der Waals surface area contributed by atoms with Crippen LogP contribution in [0.2, 0.25) is 0 Å². The van der Waals surface area contributed by atoms with Crippen molar-refractivity contribution in [3.63, 3.8) is 0 Å². The van der Waals surface area contributed by atoms with E-state index in [1.54, 1.807) is 0 Å². The highest BCUT2D eigenvalue weighted by atomic mass is 16.3. The molecule has 0 aliphatic heterocycles. The average Bonchev–Trinajstić information content (AvgIpc) is 2.41. The number of aliphatic hydroxyl groups is 2. The summed E-state index contributed by atoms with van der Waals surface area (Å²) in [6.45, 7) is 0. The van der Waals surface area contributed by atoms with Gasteiger partial charge < -0.3 is 10.2 Å². The van der Waals surface area contributed by atoms with Crippen LogP contribution in [0.25, 0.3) is 0 Å². The molecule has 2 N–H and O–H groups in total. The minimum absolute atomic E-state index is 0.0816. The monoisotopic (exact) mass is 258 g/mol. The van der Waals surface area contributed by atoms with E-state index < -0.39 is 12.2 Å². The summed E-state index contributed by atoms with van der Waals surface area (Å²) < 4.78 is 0. The largest absolute Gasteiger partial charge is 0.390 e. The molecule has 2 aliphatic carbocycles. The molecule has 0 saturated heterocycles. The summed E-state index contributed by atoms with van der Waals surface area (Å²) in [7, 11) is 0. The summed E-state index contributed by atoms with van der Waals surface area (Å²) in [5.74, 6) is 0. The van der Waals surface area contributed by atoms with Gasteiger partial charge in [0.05, 0.1) is 12.2 Å². The van der Waals surface area contributed by atoms with Crippen LogP contribution < -0.4 is 0 Å². The Morgan fingerprint density at radius 1 is 1.11 bits per heavy atom. The lowest BCUT2D eigenvalue weighted by atomic mass is 9.61. The van der Waals surface area contributed by atoms with E-state index in [4.69, 9.17) is 0 Å². The van der Waals surface area contributed by atoms with Gasteiger partial charge in [-0.05, 0) is 43.1 Å². The fourth-order valence-electron chi connectivity index (χ4n) is 3.80. The standard InChI is InChI=1S/C17H22O2/c18-15-10-14-8-4-5-9-17(14,12-16(15)19)11-13-6-2-1-3-7-13/h1-3,6-7,10,15-16,18-19H,4-5,8-9,11-12H2/t15?,16?,17-/m1/s1. The number of rotatable bonds is 2. The SMILES string of the molecule is OC1C=C2CCCC[C@@]2(Cc2ccccc2)CC1O. The summed E-state index contributed by atoms with van der Waals surface area (Å²) in [5, 5.41) is 19.9. The lowest BCUT2D eigenvalue weighted by molar-refractivity contribution is -0.000931. The van der Waals surface area contributed by atoms with E-state index in [9.17, 15) is 10.2 Å². The number of fused-ring (bicyclic) bond motifs is 1. The van der Waals surface area contributed by atoms with Crippen molar-refractivity contribution in [1.29, 1.82) is 0 Å². The maximum Gasteiger partial charge on any atom is 0.0983 e. The molecule has 0 amide bonds. The fraction of sp³-hybridized carbons (Fsp3) is 0.529. The third-order valence-corrected chi connectivity index (χ3v) is 4.78. The lowest BCUT2D eigenvalue weighted by Crippen LogP contribution is -2.42. The second kappa shape index (κ2) is 5.10. The van der Waals surface area contributed by atoms with Crippen LogP contribution in [0.1, 0.15) is 37.7 Å². The van der Waals surface area contributed by atoms with Crippen LogP contribution in [-0.4, -0.2) is 22.4 Å². The van der Waals surface area contributed by atoms with Gasteiger partial charge in [-0.25, -0.2) is 0 Å². The summed E-state index contributed by atoms with van der Waals surface area (Å²) in [6.07, 6.45) is 7.00. The third-order valence-electron chi connectivity index (χ3n) is 4.78. The van der Waals surface area contributed by atoms with Crippen molar-refractivity contribution in [2.75, 3.05) is 0 Å². The van der Waals surface area contributed by atoms with Gasteiger partial charge >= 0.3 is 0 Å². The molecule has 0 bridgehead atoms. The fourth-order valence-corrected chi connectivity index (χ4v) is 3.80. The average molecular weight is 258 g/mol. The zero-order valence-corrected chi connectivity index (χ0v) is 11.3. The van der Waals surface area contributed by atoms with E-state index >= 15 is 0 Å². The highest BCUT2D eigenvalue weighted by molar-refractivity contribution is 5.28. The van der Waals surface area contributed by atoms with E-state index in [1.165, 1.54) is 24.0 Å². The van der Waals surface area contributed by atoms with Gasteiger partial charge in [0.25, 0.3) is 0 Å². The Morgan fingerprint density at radius 2 is 1.89 bits per heavy atom. The van der Waals surface area contributed by atoms with E-state index in [2.05, 4.69) is 24.3 Å². The molecule has 0 aromatic heterocycles. The number of aliphatic hydroxyl groups excluding tert-OH is 2. The number of hydrogen-bond donors (Lipinski definition) is 2. The molecule has 1 aromatic rings. The van der Waals surface area contributed by atoms with Crippen LogP contribution in [0, 0.1) is 5.41 Å². The smallest absolute Gasteiger partial charge is 0.0983 e. The molecule has 2 unspecified atom stereocenters. The third kappa shape index (κ3) is 2.47. The zero-order chi connectivity index (χ0) is 13.3. The van der Waals surface area contributed by atoms with Gasteiger partial charge in [0.15, 0.2) is 0 Å². The van der Waals surface area contributed by atoms with Gasteiger partial charge in [-0.2, -0.15) is 0 Å².